The number of hydrogen-bond donors (Lipinski definition) is 1. The molecule has 2 heterocycles. The minimum absolute atomic E-state index is 0.0455. The molecule has 1 aromatic heterocycles. The van der Waals surface area contributed by atoms with Crippen molar-refractivity contribution in [3.8, 4) is 0 Å². The van der Waals surface area contributed by atoms with Gasteiger partial charge in [0, 0.05) is 42.6 Å². The van der Waals surface area contributed by atoms with Gasteiger partial charge >= 0.3 is 5.97 Å². The largest absolute Gasteiger partial charge is 0.462 e. The molecule has 0 bridgehead atoms. The summed E-state index contributed by atoms with van der Waals surface area (Å²) < 4.78 is 21.4. The number of aromatic nitrogens is 2. The number of carbonyl (C=O) groups excluding carboxylic acids is 2. The predicted molar refractivity (Wildman–Crippen MR) is 127 cm³/mol. The van der Waals surface area contributed by atoms with Crippen molar-refractivity contribution >= 4 is 24.4 Å². The Labute approximate surface area is 199 Å². The normalized spacial score (nSPS) is 21.2. The van der Waals surface area contributed by atoms with Gasteiger partial charge in [0.05, 0.1) is 24.4 Å². The number of aryl methyl sites for hydroxylation is 1. The molecule has 4 rings (SSSR count). The lowest BCUT2D eigenvalue weighted by molar-refractivity contribution is -0.126. The Balaban J connectivity index is 1.45. The second-order valence-electron chi connectivity index (χ2n) is 8.66. The number of hydrogen-bond acceptors (Lipinski definition) is 6. The van der Waals surface area contributed by atoms with E-state index in [1.807, 2.05) is 0 Å². The molecule has 176 valence electrons. The van der Waals surface area contributed by atoms with Crippen LogP contribution in [0.2, 0.25) is 0 Å². The molecule has 2 atom stereocenters. The van der Waals surface area contributed by atoms with E-state index in [1.165, 1.54) is 12.3 Å². The van der Waals surface area contributed by atoms with E-state index in [0.717, 1.165) is 24.8 Å². The molecular formula is C25H30FN3O3S. The Bertz CT molecular complexity index is 1030. The van der Waals surface area contributed by atoms with E-state index in [-0.39, 0.29) is 28.7 Å². The Morgan fingerprint density at radius 1 is 1.30 bits per heavy atom. The number of likely N-dealkylation sites (tertiary alicyclic amines) is 1. The van der Waals surface area contributed by atoms with Crippen LogP contribution >= 0.6 is 12.6 Å². The molecule has 2 unspecified atom stereocenters. The maximum absolute atomic E-state index is 14.7. The van der Waals surface area contributed by atoms with Crippen LogP contribution in [0.5, 0.6) is 0 Å². The molecule has 2 fully saturated rings. The molecule has 2 aromatic rings. The van der Waals surface area contributed by atoms with Gasteiger partial charge in [-0.15, -0.1) is 0 Å². The molecule has 8 heteroatoms. The van der Waals surface area contributed by atoms with E-state index < -0.39 is 6.04 Å². The lowest BCUT2D eigenvalue weighted by atomic mass is 9.93. The monoisotopic (exact) mass is 471 g/mol. The molecule has 0 spiro atoms. The average molecular weight is 472 g/mol. The standard InChI is InChI=1S/C25H30FN3O3S/c1-2-32-25(31)19-14-27-29(16-19)12-5-6-18-15-28(13-11-22(18)33)23(24(30)17-9-10-17)20-7-3-4-8-21(20)26/h3-4,6-8,14,16-17,22-23,33H,2,5,9-13,15H2,1H3/b18-6+. The molecular weight excluding hydrogens is 441 g/mol. The Kier molecular flexibility index (Phi) is 7.65. The number of ketones is 1. The van der Waals surface area contributed by atoms with Crippen molar-refractivity contribution in [3.63, 3.8) is 0 Å². The summed E-state index contributed by atoms with van der Waals surface area (Å²) >= 11 is 4.75. The minimum Gasteiger partial charge on any atom is -0.462 e. The summed E-state index contributed by atoms with van der Waals surface area (Å²) in [5.41, 5.74) is 2.04. The van der Waals surface area contributed by atoms with Gasteiger partial charge in [0.2, 0.25) is 0 Å². The van der Waals surface area contributed by atoms with Crippen LogP contribution < -0.4 is 0 Å². The second kappa shape index (κ2) is 10.7. The highest BCUT2D eigenvalue weighted by Gasteiger charge is 2.40. The summed E-state index contributed by atoms with van der Waals surface area (Å²) in [7, 11) is 0. The van der Waals surface area contributed by atoms with Crippen molar-refractivity contribution in [2.24, 2.45) is 5.92 Å². The third-order valence-electron chi connectivity index (χ3n) is 6.23. The topological polar surface area (TPSA) is 64.4 Å². The van der Waals surface area contributed by atoms with Crippen LogP contribution in [0, 0.1) is 11.7 Å². The number of thiol groups is 1. The van der Waals surface area contributed by atoms with E-state index >= 15 is 0 Å². The summed E-state index contributed by atoms with van der Waals surface area (Å²) in [5.74, 6) is -0.532. The Morgan fingerprint density at radius 3 is 2.82 bits per heavy atom. The SMILES string of the molecule is CCOC(=O)c1cnn(CC/C=C2\CN(C(C(=O)C3CC3)c3ccccc3F)CCC2S)c1. The van der Waals surface area contributed by atoms with Gasteiger partial charge in [0.15, 0.2) is 5.78 Å². The van der Waals surface area contributed by atoms with Crippen LogP contribution in [-0.2, 0) is 16.1 Å². The molecule has 1 aromatic carbocycles. The third-order valence-corrected chi connectivity index (χ3v) is 6.82. The van der Waals surface area contributed by atoms with Gasteiger partial charge < -0.3 is 4.74 Å². The van der Waals surface area contributed by atoms with Crippen LogP contribution in [0.4, 0.5) is 4.39 Å². The molecule has 1 aliphatic heterocycles. The van der Waals surface area contributed by atoms with E-state index in [2.05, 4.69) is 16.1 Å². The lowest BCUT2D eigenvalue weighted by Gasteiger charge is -2.37. The van der Waals surface area contributed by atoms with Gasteiger partial charge in [-0.2, -0.15) is 17.7 Å². The molecule has 1 aliphatic carbocycles. The fourth-order valence-corrected chi connectivity index (χ4v) is 4.62. The van der Waals surface area contributed by atoms with Gasteiger partial charge in [0.25, 0.3) is 0 Å². The number of Topliss-reactive ketones (excluding diaryl/α,β-unsaturated/α-hetero) is 1. The summed E-state index contributed by atoms with van der Waals surface area (Å²) in [4.78, 5) is 27.1. The number of benzene rings is 1. The zero-order chi connectivity index (χ0) is 23.4. The van der Waals surface area contributed by atoms with Crippen LogP contribution in [-0.4, -0.2) is 51.4 Å². The van der Waals surface area contributed by atoms with Crippen LogP contribution in [0.3, 0.4) is 0 Å². The molecule has 0 amide bonds. The smallest absolute Gasteiger partial charge is 0.341 e. The molecule has 0 radical (unpaired) electrons. The van der Waals surface area contributed by atoms with Crippen molar-refractivity contribution < 1.29 is 18.7 Å². The fourth-order valence-electron chi connectivity index (χ4n) is 4.32. The highest BCUT2D eigenvalue weighted by atomic mass is 32.1. The third kappa shape index (κ3) is 5.73. The zero-order valence-corrected chi connectivity index (χ0v) is 19.7. The van der Waals surface area contributed by atoms with Crippen molar-refractivity contribution in [1.29, 1.82) is 0 Å². The summed E-state index contributed by atoms with van der Waals surface area (Å²) in [6, 6.07) is 6.06. The number of allylic oxidation sites excluding steroid dienone is 1. The molecule has 6 nitrogen and oxygen atoms in total. The number of carbonyl (C=O) groups is 2. The number of rotatable bonds is 9. The van der Waals surface area contributed by atoms with Gasteiger partial charge in [-0.1, -0.05) is 24.3 Å². The van der Waals surface area contributed by atoms with Gasteiger partial charge in [0.1, 0.15) is 5.82 Å². The lowest BCUT2D eigenvalue weighted by Crippen LogP contribution is -2.42. The first-order valence-electron chi connectivity index (χ1n) is 11.6. The maximum Gasteiger partial charge on any atom is 0.341 e. The first-order chi connectivity index (χ1) is 16.0. The van der Waals surface area contributed by atoms with Crippen LogP contribution in [0.15, 0.2) is 48.3 Å². The van der Waals surface area contributed by atoms with Gasteiger partial charge in [-0.05, 0) is 44.2 Å². The molecule has 0 N–H and O–H groups in total. The van der Waals surface area contributed by atoms with E-state index in [1.54, 1.807) is 36.0 Å². The highest BCUT2D eigenvalue weighted by Crippen LogP contribution is 2.39. The maximum atomic E-state index is 14.7. The quantitative estimate of drug-likeness (QED) is 0.337. The van der Waals surface area contributed by atoms with E-state index in [4.69, 9.17) is 17.4 Å². The van der Waals surface area contributed by atoms with Gasteiger partial charge in [-0.25, -0.2) is 9.18 Å². The van der Waals surface area contributed by atoms with Crippen LogP contribution in [0.25, 0.3) is 0 Å². The first-order valence-corrected chi connectivity index (χ1v) is 12.1. The summed E-state index contributed by atoms with van der Waals surface area (Å²) in [6.45, 7) is 3.99. The number of halogens is 1. The predicted octanol–water partition coefficient (Wildman–Crippen LogP) is 4.24. The Morgan fingerprint density at radius 2 is 2.09 bits per heavy atom. The Hall–Kier alpha value is -2.45. The summed E-state index contributed by atoms with van der Waals surface area (Å²) in [5, 5.41) is 4.34. The number of esters is 1. The van der Waals surface area contributed by atoms with Crippen molar-refractivity contribution in [3.05, 3.63) is 65.3 Å². The van der Waals surface area contributed by atoms with Crippen molar-refractivity contribution in [2.75, 3.05) is 19.7 Å². The van der Waals surface area contributed by atoms with Crippen molar-refractivity contribution in [2.45, 2.75) is 50.4 Å². The first kappa shape index (κ1) is 23.7. The average Bonchev–Trinajstić information content (AvgIpc) is 3.55. The second-order valence-corrected chi connectivity index (χ2v) is 9.28. The van der Waals surface area contributed by atoms with E-state index in [0.29, 0.717) is 43.8 Å². The minimum atomic E-state index is -0.554. The number of nitrogens with zero attached hydrogens (tertiary/aromatic N) is 3. The molecule has 1 saturated heterocycles. The van der Waals surface area contributed by atoms with Gasteiger partial charge in [-0.3, -0.25) is 14.4 Å². The number of piperidine rings is 1. The highest BCUT2D eigenvalue weighted by molar-refractivity contribution is 7.81. The molecule has 1 saturated carbocycles. The van der Waals surface area contributed by atoms with Crippen LogP contribution in [0.1, 0.15) is 54.6 Å². The summed E-state index contributed by atoms with van der Waals surface area (Å²) in [6.07, 6.45) is 8.63. The van der Waals surface area contributed by atoms with Crippen molar-refractivity contribution in [1.82, 2.24) is 14.7 Å². The zero-order valence-electron chi connectivity index (χ0n) is 18.8. The number of ether oxygens (including phenoxy) is 1. The molecule has 33 heavy (non-hydrogen) atoms. The molecule has 2 aliphatic rings. The van der Waals surface area contributed by atoms with E-state index in [9.17, 15) is 14.0 Å². The fraction of sp³-hybridized carbons (Fsp3) is 0.480.